The van der Waals surface area contributed by atoms with E-state index in [1.807, 2.05) is 6.92 Å². The first kappa shape index (κ1) is 11.2. The van der Waals surface area contributed by atoms with Gasteiger partial charge in [-0.3, -0.25) is 0 Å². The van der Waals surface area contributed by atoms with Gasteiger partial charge in [-0.15, -0.1) is 0 Å². The molecule has 1 N–H and O–H groups in total. The molecule has 1 atom stereocenters. The van der Waals surface area contributed by atoms with Crippen LogP contribution in [0.3, 0.4) is 0 Å². The number of rotatable bonds is 4. The number of nitrogens with one attached hydrogen (secondary N) is 1. The molecule has 1 unspecified atom stereocenters. The van der Waals surface area contributed by atoms with Gasteiger partial charge in [-0.25, -0.2) is 9.37 Å². The summed E-state index contributed by atoms with van der Waals surface area (Å²) in [5, 5.41) is 2.99. The summed E-state index contributed by atoms with van der Waals surface area (Å²) >= 11 is 5.55. The van der Waals surface area contributed by atoms with Crippen molar-refractivity contribution < 1.29 is 4.39 Å². The van der Waals surface area contributed by atoms with E-state index < -0.39 is 5.82 Å². The normalized spacial score (nSPS) is 12.6. The van der Waals surface area contributed by atoms with Crippen molar-refractivity contribution in [3.05, 3.63) is 17.3 Å². The van der Waals surface area contributed by atoms with Crippen LogP contribution in [0.1, 0.15) is 26.7 Å². The average molecular weight is 218 g/mol. The Morgan fingerprint density at radius 2 is 2.36 bits per heavy atom. The SMILES string of the molecule is CCCC(C)Nc1nc(Cl)ncc1F. The highest BCUT2D eigenvalue weighted by molar-refractivity contribution is 6.28. The highest BCUT2D eigenvalue weighted by Crippen LogP contribution is 2.14. The van der Waals surface area contributed by atoms with Crippen molar-refractivity contribution in [1.29, 1.82) is 0 Å². The van der Waals surface area contributed by atoms with E-state index in [4.69, 9.17) is 11.6 Å². The standard InChI is InChI=1S/C9H13ClFN3/c1-3-4-6(2)13-8-7(11)5-12-9(10)14-8/h5-6H,3-4H2,1-2H3,(H,12,13,14). The summed E-state index contributed by atoms with van der Waals surface area (Å²) < 4.78 is 13.1. The van der Waals surface area contributed by atoms with E-state index in [2.05, 4.69) is 22.2 Å². The molecule has 14 heavy (non-hydrogen) atoms. The Bertz CT molecular complexity index is 306. The molecular weight excluding hydrogens is 205 g/mol. The summed E-state index contributed by atoms with van der Waals surface area (Å²) in [6, 6.07) is 0.181. The van der Waals surface area contributed by atoms with Crippen LogP contribution >= 0.6 is 11.6 Å². The van der Waals surface area contributed by atoms with Gasteiger partial charge < -0.3 is 5.32 Å². The van der Waals surface area contributed by atoms with Crippen molar-refractivity contribution in [2.75, 3.05) is 5.32 Å². The molecule has 0 aromatic carbocycles. The van der Waals surface area contributed by atoms with Crippen molar-refractivity contribution in [2.45, 2.75) is 32.7 Å². The smallest absolute Gasteiger partial charge is 0.224 e. The molecule has 0 aliphatic rings. The average Bonchev–Trinajstić information content (AvgIpc) is 2.12. The first-order valence-corrected chi connectivity index (χ1v) is 4.96. The van der Waals surface area contributed by atoms with Crippen molar-refractivity contribution in [3.8, 4) is 0 Å². The van der Waals surface area contributed by atoms with Crippen LogP contribution in [0.15, 0.2) is 6.20 Å². The van der Waals surface area contributed by atoms with Crippen molar-refractivity contribution in [2.24, 2.45) is 0 Å². The first-order chi connectivity index (χ1) is 6.63. The minimum absolute atomic E-state index is 0.0533. The molecule has 0 saturated carbocycles. The Labute approximate surface area is 87.7 Å². The first-order valence-electron chi connectivity index (χ1n) is 4.58. The summed E-state index contributed by atoms with van der Waals surface area (Å²) in [6.45, 7) is 4.04. The van der Waals surface area contributed by atoms with E-state index in [-0.39, 0.29) is 17.1 Å². The number of nitrogens with zero attached hydrogens (tertiary/aromatic N) is 2. The zero-order valence-electron chi connectivity index (χ0n) is 8.22. The minimum atomic E-state index is -0.475. The molecule has 1 rings (SSSR count). The van der Waals surface area contributed by atoms with Crippen LogP contribution in [0, 0.1) is 5.82 Å². The second kappa shape index (κ2) is 5.10. The summed E-state index contributed by atoms with van der Waals surface area (Å²) in [4.78, 5) is 7.30. The van der Waals surface area contributed by atoms with Gasteiger partial charge >= 0.3 is 0 Å². The molecular formula is C9H13ClFN3. The fraction of sp³-hybridized carbons (Fsp3) is 0.556. The fourth-order valence-corrected chi connectivity index (χ4v) is 1.32. The Morgan fingerprint density at radius 3 is 3.00 bits per heavy atom. The Balaban J connectivity index is 2.70. The van der Waals surface area contributed by atoms with Gasteiger partial charge in [-0.05, 0) is 24.9 Å². The largest absolute Gasteiger partial charge is 0.365 e. The van der Waals surface area contributed by atoms with E-state index in [1.165, 1.54) is 0 Å². The lowest BCUT2D eigenvalue weighted by Gasteiger charge is -2.13. The Kier molecular flexibility index (Phi) is 4.07. The van der Waals surface area contributed by atoms with Crippen molar-refractivity contribution in [3.63, 3.8) is 0 Å². The summed E-state index contributed by atoms with van der Waals surface area (Å²) in [5.74, 6) is -0.302. The number of anilines is 1. The Hall–Kier alpha value is -0.900. The molecule has 0 fully saturated rings. The molecule has 0 saturated heterocycles. The van der Waals surface area contributed by atoms with Gasteiger partial charge in [0.05, 0.1) is 6.20 Å². The predicted octanol–water partition coefficient (Wildman–Crippen LogP) is 2.87. The summed E-state index contributed by atoms with van der Waals surface area (Å²) in [7, 11) is 0. The van der Waals surface area contributed by atoms with Gasteiger partial charge in [-0.1, -0.05) is 13.3 Å². The second-order valence-electron chi connectivity index (χ2n) is 3.17. The topological polar surface area (TPSA) is 37.8 Å². The van der Waals surface area contributed by atoms with E-state index in [0.29, 0.717) is 0 Å². The molecule has 0 aliphatic carbocycles. The van der Waals surface area contributed by atoms with E-state index in [0.717, 1.165) is 19.0 Å². The summed E-state index contributed by atoms with van der Waals surface area (Å²) in [6.07, 6.45) is 3.06. The van der Waals surface area contributed by atoms with Gasteiger partial charge in [0.25, 0.3) is 0 Å². The van der Waals surface area contributed by atoms with Crippen LogP contribution < -0.4 is 5.32 Å². The number of hydrogen-bond acceptors (Lipinski definition) is 3. The van der Waals surface area contributed by atoms with E-state index in [9.17, 15) is 4.39 Å². The van der Waals surface area contributed by atoms with Crippen LogP contribution in [0.5, 0.6) is 0 Å². The van der Waals surface area contributed by atoms with Crippen molar-refractivity contribution >= 4 is 17.4 Å². The van der Waals surface area contributed by atoms with Gasteiger partial charge in [0, 0.05) is 6.04 Å². The predicted molar refractivity (Wildman–Crippen MR) is 55.0 cm³/mol. The molecule has 0 amide bonds. The van der Waals surface area contributed by atoms with E-state index >= 15 is 0 Å². The highest BCUT2D eigenvalue weighted by Gasteiger charge is 2.08. The molecule has 5 heteroatoms. The van der Waals surface area contributed by atoms with Crippen LogP contribution in [0.2, 0.25) is 5.28 Å². The zero-order valence-corrected chi connectivity index (χ0v) is 8.98. The molecule has 0 aliphatic heterocycles. The molecule has 0 spiro atoms. The quantitative estimate of drug-likeness (QED) is 0.789. The number of hydrogen-bond donors (Lipinski definition) is 1. The highest BCUT2D eigenvalue weighted by atomic mass is 35.5. The van der Waals surface area contributed by atoms with Crippen LogP contribution in [-0.4, -0.2) is 16.0 Å². The number of aromatic nitrogens is 2. The monoisotopic (exact) mass is 217 g/mol. The lowest BCUT2D eigenvalue weighted by atomic mass is 10.2. The molecule has 0 bridgehead atoms. The fourth-order valence-electron chi connectivity index (χ4n) is 1.19. The lowest BCUT2D eigenvalue weighted by molar-refractivity contribution is 0.606. The molecule has 1 aromatic rings. The third-order valence-electron chi connectivity index (χ3n) is 1.82. The molecule has 3 nitrogen and oxygen atoms in total. The zero-order chi connectivity index (χ0) is 10.6. The maximum atomic E-state index is 13.1. The number of halogens is 2. The van der Waals surface area contributed by atoms with Gasteiger partial charge in [0.2, 0.25) is 5.28 Å². The third kappa shape index (κ3) is 3.10. The molecule has 78 valence electrons. The van der Waals surface area contributed by atoms with Gasteiger partial charge in [-0.2, -0.15) is 4.98 Å². The van der Waals surface area contributed by atoms with Crippen LogP contribution in [-0.2, 0) is 0 Å². The van der Waals surface area contributed by atoms with Gasteiger partial charge in [0.15, 0.2) is 11.6 Å². The Morgan fingerprint density at radius 1 is 1.64 bits per heavy atom. The van der Waals surface area contributed by atoms with Crippen LogP contribution in [0.25, 0.3) is 0 Å². The molecule has 1 heterocycles. The third-order valence-corrected chi connectivity index (χ3v) is 2.00. The maximum Gasteiger partial charge on any atom is 0.224 e. The van der Waals surface area contributed by atoms with Crippen molar-refractivity contribution in [1.82, 2.24) is 9.97 Å². The van der Waals surface area contributed by atoms with E-state index in [1.54, 1.807) is 0 Å². The molecule has 0 radical (unpaired) electrons. The van der Waals surface area contributed by atoms with Crippen LogP contribution in [0.4, 0.5) is 10.2 Å². The lowest BCUT2D eigenvalue weighted by Crippen LogP contribution is -2.16. The van der Waals surface area contributed by atoms with Gasteiger partial charge in [0.1, 0.15) is 0 Å². The summed E-state index contributed by atoms with van der Waals surface area (Å²) in [5.41, 5.74) is 0. The maximum absolute atomic E-state index is 13.1. The molecule has 1 aromatic heterocycles. The second-order valence-corrected chi connectivity index (χ2v) is 3.51. The minimum Gasteiger partial charge on any atom is -0.365 e.